The number of ketones is 1. The van der Waals surface area contributed by atoms with Gasteiger partial charge in [0.1, 0.15) is 24.1 Å². The zero-order valence-corrected chi connectivity index (χ0v) is 40.4. The molecule has 0 spiro atoms. The van der Waals surface area contributed by atoms with Crippen LogP contribution in [0.5, 0.6) is 5.75 Å². The van der Waals surface area contributed by atoms with Crippen LogP contribution >= 0.6 is 0 Å². The Balaban J connectivity index is 2.01. The molecule has 0 bridgehead atoms. The summed E-state index contributed by atoms with van der Waals surface area (Å²) in [6, 6.07) is 27.0. The second kappa shape index (κ2) is 22.9. The lowest BCUT2D eigenvalue weighted by molar-refractivity contribution is -0.229. The molecule has 1 aliphatic rings. The molecule has 0 N–H and O–H groups in total. The maximum absolute atomic E-state index is 15.8. The van der Waals surface area contributed by atoms with Gasteiger partial charge in [-0.25, -0.2) is 0 Å². The van der Waals surface area contributed by atoms with E-state index in [4.69, 9.17) is 45.8 Å². The van der Waals surface area contributed by atoms with Gasteiger partial charge in [0, 0.05) is 32.2 Å². The molecule has 14 heteroatoms. The second-order valence-corrected chi connectivity index (χ2v) is 24.3. The van der Waals surface area contributed by atoms with E-state index in [1.165, 1.54) is 6.92 Å². The smallest absolute Gasteiger partial charge is 0.497 e. The van der Waals surface area contributed by atoms with E-state index in [1.807, 2.05) is 120 Å². The summed E-state index contributed by atoms with van der Waals surface area (Å²) in [4.78, 5) is 29.2. The van der Waals surface area contributed by atoms with Crippen molar-refractivity contribution in [2.75, 3.05) is 33.5 Å². The fourth-order valence-corrected chi connectivity index (χ4v) is 10.6. The van der Waals surface area contributed by atoms with Crippen molar-refractivity contribution < 1.29 is 55.4 Å². The van der Waals surface area contributed by atoms with E-state index in [2.05, 4.69) is 33.9 Å². The molecule has 0 saturated heterocycles. The lowest BCUT2D eigenvalue weighted by Gasteiger charge is -2.53. The summed E-state index contributed by atoms with van der Waals surface area (Å²) in [5.41, 5.74) is 1.61. The highest BCUT2D eigenvalue weighted by Crippen LogP contribution is 2.47. The maximum atomic E-state index is 15.8. The number of carbonyl (C=O) groups is 2. The SMILES string of the molecule is CCO[Si](OCC)(OCC)OC[C@@H]1C(=O)[C@H](OCc2ccccc2)[C@H](O[Si](C)(C)C(C)(C)C)C(C)(C)[C@@H](OCc2ccc(OC)cc2)[C@@H](OCc2ccccc2)[C@@H]1OC(C)=O. The average Bonchev–Trinajstić information content (AvgIpc) is 3.21. The summed E-state index contributed by atoms with van der Waals surface area (Å²) in [5, 5.41) is -0.248. The number of esters is 1. The Labute approximate surface area is 366 Å². The lowest BCUT2D eigenvalue weighted by Crippen LogP contribution is -2.67. The number of Topliss-reactive ketones (excluding diaryl/α,β-unsaturated/α-hetero) is 1. The van der Waals surface area contributed by atoms with Gasteiger partial charge in [-0.15, -0.1) is 0 Å². The number of hydrogen-bond donors (Lipinski definition) is 0. The van der Waals surface area contributed by atoms with Crippen LogP contribution in [0.1, 0.15) is 79.0 Å². The second-order valence-electron chi connectivity index (χ2n) is 17.4. The molecule has 3 aromatic carbocycles. The number of rotatable bonds is 22. The van der Waals surface area contributed by atoms with Crippen LogP contribution in [0.3, 0.4) is 0 Å². The Hall–Kier alpha value is -3.29. The molecular weight excluding hydrogens is 813 g/mol. The van der Waals surface area contributed by atoms with E-state index in [9.17, 15) is 4.79 Å². The normalized spacial score (nSPS) is 22.3. The van der Waals surface area contributed by atoms with Gasteiger partial charge < -0.3 is 45.8 Å². The van der Waals surface area contributed by atoms with Gasteiger partial charge in [0.15, 0.2) is 14.1 Å². The predicted molar refractivity (Wildman–Crippen MR) is 238 cm³/mol. The summed E-state index contributed by atoms with van der Waals surface area (Å²) in [7, 11) is -4.88. The molecule has 0 aromatic heterocycles. The van der Waals surface area contributed by atoms with Gasteiger partial charge in [-0.3, -0.25) is 9.59 Å². The van der Waals surface area contributed by atoms with Crippen molar-refractivity contribution in [1.82, 2.24) is 0 Å². The van der Waals surface area contributed by atoms with Crippen LogP contribution < -0.4 is 4.74 Å². The Morgan fingerprint density at radius 1 is 0.672 bits per heavy atom. The Bertz CT molecular complexity index is 1750. The zero-order chi connectivity index (χ0) is 44.8. The summed E-state index contributed by atoms with van der Waals surface area (Å²) in [6.45, 7) is 22.4. The average molecular weight is 883 g/mol. The summed E-state index contributed by atoms with van der Waals surface area (Å²) >= 11 is 0. The molecule has 4 rings (SSSR count). The molecule has 0 unspecified atom stereocenters. The Kier molecular flexibility index (Phi) is 18.9. The lowest BCUT2D eigenvalue weighted by atomic mass is 9.69. The molecule has 0 radical (unpaired) electrons. The molecule has 0 aliphatic heterocycles. The minimum atomic E-state index is -3.83. The van der Waals surface area contributed by atoms with E-state index in [0.717, 1.165) is 16.7 Å². The molecule has 1 saturated carbocycles. The van der Waals surface area contributed by atoms with Gasteiger partial charge in [-0.05, 0) is 67.7 Å². The molecule has 12 nitrogen and oxygen atoms in total. The largest absolute Gasteiger partial charge is 0.679 e. The van der Waals surface area contributed by atoms with Crippen LogP contribution in [-0.4, -0.2) is 93.2 Å². The third-order valence-electron chi connectivity index (χ3n) is 11.5. The monoisotopic (exact) mass is 882 g/mol. The molecule has 0 heterocycles. The highest BCUT2D eigenvalue weighted by atomic mass is 28.4. The molecule has 3 aromatic rings. The summed E-state index contributed by atoms with van der Waals surface area (Å²) in [6.07, 6.45) is -5.18. The standard InChI is InChI=1S/C47H70O12Si2/c1-13-54-61(55-14-2,56-15-3)57-33-39-40(49)42(51-30-35-22-18-16-19-23-35)45(59-60(11,12)46(5,6)7)47(8,9)44(53-32-37-26-28-38(50-10)29-27-37)43(41(39)58-34(4)48)52-31-36-24-20-17-21-25-36/h16-29,39,41-45H,13-15,30-33H2,1-12H3/t39-,41-,42+,43+,44+,45+/m1/s1. The first-order chi connectivity index (χ1) is 28.9. The number of carbonyl (C=O) groups excluding carboxylic acids is 2. The van der Waals surface area contributed by atoms with Crippen molar-refractivity contribution >= 4 is 29.1 Å². The highest BCUT2D eigenvalue weighted by Gasteiger charge is 2.60. The van der Waals surface area contributed by atoms with Crippen LogP contribution in [0.15, 0.2) is 84.9 Å². The van der Waals surface area contributed by atoms with Gasteiger partial charge >= 0.3 is 15.0 Å². The fraction of sp³-hybridized carbons (Fsp3) is 0.574. The van der Waals surface area contributed by atoms with Gasteiger partial charge in [0.25, 0.3) is 0 Å². The summed E-state index contributed by atoms with van der Waals surface area (Å²) < 4.78 is 64.9. The molecule has 0 amide bonds. The first-order valence-corrected chi connectivity index (χ1v) is 26.0. The van der Waals surface area contributed by atoms with Crippen molar-refractivity contribution in [2.24, 2.45) is 11.3 Å². The number of hydrogen-bond acceptors (Lipinski definition) is 12. The molecule has 6 atom stereocenters. The fourth-order valence-electron chi connectivity index (χ4n) is 7.19. The predicted octanol–water partition coefficient (Wildman–Crippen LogP) is 8.86. The number of benzene rings is 3. The van der Waals surface area contributed by atoms with Crippen LogP contribution in [0.25, 0.3) is 0 Å². The summed E-state index contributed by atoms with van der Waals surface area (Å²) in [5.74, 6) is -1.47. The van der Waals surface area contributed by atoms with Crippen LogP contribution in [0, 0.1) is 11.3 Å². The topological polar surface area (TPSA) is 126 Å². The van der Waals surface area contributed by atoms with Gasteiger partial charge in [-0.2, -0.15) is 0 Å². The van der Waals surface area contributed by atoms with E-state index >= 15 is 4.79 Å². The molecule has 1 fully saturated rings. The molecular formula is C47H70O12Si2. The first-order valence-electron chi connectivity index (χ1n) is 21.4. The quantitative estimate of drug-likeness (QED) is 0.0707. The van der Waals surface area contributed by atoms with Crippen molar-refractivity contribution in [2.45, 2.75) is 131 Å². The third kappa shape index (κ3) is 13.6. The zero-order valence-electron chi connectivity index (χ0n) is 38.4. The Morgan fingerprint density at radius 3 is 1.64 bits per heavy atom. The van der Waals surface area contributed by atoms with Crippen molar-refractivity contribution in [3.63, 3.8) is 0 Å². The van der Waals surface area contributed by atoms with Gasteiger partial charge in [0.05, 0.1) is 51.7 Å². The van der Waals surface area contributed by atoms with Crippen molar-refractivity contribution in [3.8, 4) is 5.75 Å². The van der Waals surface area contributed by atoms with Crippen LogP contribution in [-0.2, 0) is 70.5 Å². The number of ether oxygens (including phenoxy) is 5. The molecule has 1 aliphatic carbocycles. The van der Waals surface area contributed by atoms with E-state index in [-0.39, 0.29) is 57.1 Å². The van der Waals surface area contributed by atoms with Crippen molar-refractivity contribution in [1.29, 1.82) is 0 Å². The van der Waals surface area contributed by atoms with Crippen LogP contribution in [0.2, 0.25) is 18.1 Å². The van der Waals surface area contributed by atoms with E-state index < -0.39 is 65.2 Å². The van der Waals surface area contributed by atoms with E-state index in [1.54, 1.807) is 7.11 Å². The van der Waals surface area contributed by atoms with E-state index in [0.29, 0.717) is 5.75 Å². The first kappa shape index (κ1) is 50.4. The van der Waals surface area contributed by atoms with Crippen molar-refractivity contribution in [3.05, 3.63) is 102 Å². The highest BCUT2D eigenvalue weighted by molar-refractivity contribution is 6.74. The maximum Gasteiger partial charge on any atom is 0.679 e. The van der Waals surface area contributed by atoms with Gasteiger partial charge in [-0.1, -0.05) is 107 Å². The number of methoxy groups -OCH3 is 1. The molecule has 61 heavy (non-hydrogen) atoms. The van der Waals surface area contributed by atoms with Crippen LogP contribution in [0.4, 0.5) is 0 Å². The minimum Gasteiger partial charge on any atom is -0.497 e. The minimum absolute atomic E-state index is 0.108. The molecule has 338 valence electrons. The third-order valence-corrected chi connectivity index (χ3v) is 18.4. The Morgan fingerprint density at radius 2 is 1.16 bits per heavy atom. The van der Waals surface area contributed by atoms with Gasteiger partial charge in [0.2, 0.25) is 0 Å².